The fourth-order valence-corrected chi connectivity index (χ4v) is 6.26. The molecule has 6 nitrogen and oxygen atoms in total. The number of nitrogens with one attached hydrogen (secondary N) is 1. The third kappa shape index (κ3) is 5.66. The highest BCUT2D eigenvalue weighted by molar-refractivity contribution is 7.89. The van der Waals surface area contributed by atoms with E-state index in [1.165, 1.54) is 39.9 Å². The first-order valence-electron chi connectivity index (χ1n) is 10.9. The number of sulfonamides is 1. The van der Waals surface area contributed by atoms with Crippen LogP contribution in [0.5, 0.6) is 0 Å². The van der Waals surface area contributed by atoms with Gasteiger partial charge in [-0.3, -0.25) is 4.79 Å². The Bertz CT molecular complexity index is 1220. The Hall–Kier alpha value is -2.62. The summed E-state index contributed by atoms with van der Waals surface area (Å²) < 4.78 is 40.8. The molecule has 3 aromatic rings. The number of aromatic nitrogens is 1. The topological polar surface area (TPSA) is 79.4 Å². The Morgan fingerprint density at radius 3 is 2.58 bits per heavy atom. The second kappa shape index (κ2) is 10.1. The van der Waals surface area contributed by atoms with Crippen LogP contribution in [0.4, 0.5) is 10.1 Å². The predicted octanol–water partition coefficient (Wildman–Crippen LogP) is 5.08. The number of nitrogens with zero attached hydrogens (tertiary/aromatic N) is 2. The van der Waals surface area contributed by atoms with Crippen molar-refractivity contribution in [2.45, 2.75) is 49.5 Å². The van der Waals surface area contributed by atoms with Gasteiger partial charge in [-0.25, -0.2) is 17.8 Å². The van der Waals surface area contributed by atoms with Crippen molar-refractivity contribution < 1.29 is 17.6 Å². The highest BCUT2D eigenvalue weighted by Crippen LogP contribution is 2.27. The number of amides is 1. The monoisotopic (exact) mass is 487 g/mol. The summed E-state index contributed by atoms with van der Waals surface area (Å²) in [4.78, 5) is 17.1. The van der Waals surface area contributed by atoms with Crippen molar-refractivity contribution in [1.82, 2.24) is 9.29 Å². The summed E-state index contributed by atoms with van der Waals surface area (Å²) in [6, 6.07) is 12.4. The number of anilines is 1. The van der Waals surface area contributed by atoms with Gasteiger partial charge in [-0.1, -0.05) is 31.4 Å². The average Bonchev–Trinajstić information content (AvgIpc) is 3.28. The van der Waals surface area contributed by atoms with Gasteiger partial charge in [0.25, 0.3) is 0 Å². The van der Waals surface area contributed by atoms with E-state index in [2.05, 4.69) is 10.3 Å². The summed E-state index contributed by atoms with van der Waals surface area (Å²) in [6.45, 7) is 0. The first-order valence-corrected chi connectivity index (χ1v) is 13.2. The maximum atomic E-state index is 13.4. The molecule has 4 rings (SSSR count). The Morgan fingerprint density at radius 1 is 1.15 bits per heavy atom. The maximum absolute atomic E-state index is 13.4. The molecule has 1 heterocycles. The molecule has 1 aliphatic rings. The zero-order valence-corrected chi connectivity index (χ0v) is 20.0. The van der Waals surface area contributed by atoms with E-state index in [0.29, 0.717) is 22.0 Å². The fourth-order valence-electron chi connectivity index (χ4n) is 4.03. The molecule has 1 aliphatic carbocycles. The molecule has 1 amide bonds. The lowest BCUT2D eigenvalue weighted by atomic mass is 9.96. The molecule has 0 saturated heterocycles. The molecule has 0 spiro atoms. The van der Waals surface area contributed by atoms with Gasteiger partial charge in [0.15, 0.2) is 0 Å². The quantitative estimate of drug-likeness (QED) is 0.504. The van der Waals surface area contributed by atoms with Crippen molar-refractivity contribution in [1.29, 1.82) is 0 Å². The van der Waals surface area contributed by atoms with Gasteiger partial charge >= 0.3 is 0 Å². The number of carbonyl (C=O) groups is 1. The minimum absolute atomic E-state index is 0.0403. The van der Waals surface area contributed by atoms with E-state index in [4.69, 9.17) is 0 Å². The predicted molar refractivity (Wildman–Crippen MR) is 128 cm³/mol. The van der Waals surface area contributed by atoms with E-state index in [0.717, 1.165) is 32.1 Å². The summed E-state index contributed by atoms with van der Waals surface area (Å²) in [7, 11) is -1.93. The standard InChI is InChI=1S/C24H26FN3O3S2/c1-28(21-8-3-2-4-9-21)33(30,31)22-12-10-19(11-13-22)26-23(29)15-20-16-32-24(27-20)17-6-5-7-18(25)14-17/h5-7,10-14,16,21H,2-4,8-9,15H2,1H3,(H,26,29). The van der Waals surface area contributed by atoms with Crippen LogP contribution in [0.25, 0.3) is 10.6 Å². The Morgan fingerprint density at radius 2 is 1.88 bits per heavy atom. The van der Waals surface area contributed by atoms with Crippen LogP contribution < -0.4 is 5.32 Å². The minimum Gasteiger partial charge on any atom is -0.326 e. The molecule has 2 aromatic carbocycles. The van der Waals surface area contributed by atoms with E-state index in [9.17, 15) is 17.6 Å². The van der Waals surface area contributed by atoms with E-state index < -0.39 is 10.0 Å². The van der Waals surface area contributed by atoms with Crippen LogP contribution in [0.15, 0.2) is 58.8 Å². The molecule has 1 fully saturated rings. The molecule has 0 aliphatic heterocycles. The number of hydrogen-bond acceptors (Lipinski definition) is 5. The number of halogens is 1. The lowest BCUT2D eigenvalue weighted by Gasteiger charge is -2.30. The van der Waals surface area contributed by atoms with E-state index >= 15 is 0 Å². The fraction of sp³-hybridized carbons (Fsp3) is 0.333. The molecular formula is C24H26FN3O3S2. The normalized spacial score (nSPS) is 15.0. The molecule has 9 heteroatoms. The number of hydrogen-bond donors (Lipinski definition) is 1. The summed E-state index contributed by atoms with van der Waals surface area (Å²) in [5, 5.41) is 5.20. The second-order valence-electron chi connectivity index (χ2n) is 8.22. The van der Waals surface area contributed by atoms with Crippen LogP contribution in [0.1, 0.15) is 37.8 Å². The van der Waals surface area contributed by atoms with E-state index in [-0.39, 0.29) is 29.1 Å². The van der Waals surface area contributed by atoms with Gasteiger partial charge < -0.3 is 5.32 Å². The lowest BCUT2D eigenvalue weighted by Crippen LogP contribution is -2.38. The van der Waals surface area contributed by atoms with Gasteiger partial charge in [0.2, 0.25) is 15.9 Å². The van der Waals surface area contributed by atoms with Crippen LogP contribution >= 0.6 is 11.3 Å². The lowest BCUT2D eigenvalue weighted by molar-refractivity contribution is -0.115. The van der Waals surface area contributed by atoms with Crippen LogP contribution in [0.2, 0.25) is 0 Å². The van der Waals surface area contributed by atoms with Crippen LogP contribution in [0, 0.1) is 5.82 Å². The SMILES string of the molecule is CN(C1CCCCC1)S(=O)(=O)c1ccc(NC(=O)Cc2csc(-c3cccc(F)c3)n2)cc1. The Kier molecular flexibility index (Phi) is 7.21. The van der Waals surface area contributed by atoms with Crippen molar-refractivity contribution in [2.75, 3.05) is 12.4 Å². The third-order valence-corrected chi connectivity index (χ3v) is 8.73. The minimum atomic E-state index is -3.57. The molecule has 0 unspecified atom stereocenters. The van der Waals surface area contributed by atoms with Gasteiger partial charge in [0.1, 0.15) is 10.8 Å². The zero-order chi connectivity index (χ0) is 23.4. The van der Waals surface area contributed by atoms with Crippen molar-refractivity contribution in [3.8, 4) is 10.6 Å². The summed E-state index contributed by atoms with van der Waals surface area (Å²) in [6.07, 6.45) is 5.11. The average molecular weight is 488 g/mol. The first kappa shape index (κ1) is 23.5. The highest BCUT2D eigenvalue weighted by Gasteiger charge is 2.28. The molecule has 1 N–H and O–H groups in total. The molecular weight excluding hydrogens is 461 g/mol. The van der Waals surface area contributed by atoms with Crippen molar-refractivity contribution in [3.63, 3.8) is 0 Å². The number of thiazole rings is 1. The highest BCUT2D eigenvalue weighted by atomic mass is 32.2. The second-order valence-corrected chi connectivity index (χ2v) is 11.1. The Balaban J connectivity index is 1.37. The maximum Gasteiger partial charge on any atom is 0.243 e. The molecule has 1 aromatic heterocycles. The summed E-state index contributed by atoms with van der Waals surface area (Å²) in [5.41, 5.74) is 1.77. The van der Waals surface area contributed by atoms with Gasteiger partial charge in [0.05, 0.1) is 17.0 Å². The summed E-state index contributed by atoms with van der Waals surface area (Å²) >= 11 is 1.35. The smallest absolute Gasteiger partial charge is 0.243 e. The third-order valence-electron chi connectivity index (χ3n) is 5.87. The van der Waals surface area contributed by atoms with Gasteiger partial charge in [-0.2, -0.15) is 4.31 Å². The molecule has 174 valence electrons. The number of rotatable bonds is 7. The molecule has 0 atom stereocenters. The zero-order valence-electron chi connectivity index (χ0n) is 18.3. The van der Waals surface area contributed by atoms with E-state index in [1.807, 2.05) is 0 Å². The van der Waals surface area contributed by atoms with Gasteiger partial charge in [-0.05, 0) is 49.2 Å². The Labute approximate surface area is 197 Å². The molecule has 0 bridgehead atoms. The van der Waals surface area contributed by atoms with Crippen molar-refractivity contribution >= 4 is 33.0 Å². The first-order chi connectivity index (χ1) is 15.8. The molecule has 1 saturated carbocycles. The van der Waals surface area contributed by atoms with E-state index in [1.54, 1.807) is 36.7 Å². The van der Waals surface area contributed by atoms with Crippen LogP contribution in [-0.4, -0.2) is 36.7 Å². The van der Waals surface area contributed by atoms with Crippen LogP contribution in [-0.2, 0) is 21.2 Å². The molecule has 0 radical (unpaired) electrons. The van der Waals surface area contributed by atoms with Crippen molar-refractivity contribution in [3.05, 3.63) is 65.4 Å². The molecule has 33 heavy (non-hydrogen) atoms. The van der Waals surface area contributed by atoms with Gasteiger partial charge in [-0.15, -0.1) is 11.3 Å². The number of carbonyl (C=O) groups excluding carboxylic acids is 1. The summed E-state index contributed by atoms with van der Waals surface area (Å²) in [5.74, 6) is -0.599. The van der Waals surface area contributed by atoms with Gasteiger partial charge in [0, 0.05) is 29.7 Å². The number of benzene rings is 2. The largest absolute Gasteiger partial charge is 0.326 e. The van der Waals surface area contributed by atoms with Crippen molar-refractivity contribution in [2.24, 2.45) is 0 Å². The van der Waals surface area contributed by atoms with Crippen LogP contribution in [0.3, 0.4) is 0 Å².